The van der Waals surface area contributed by atoms with Gasteiger partial charge in [-0.25, -0.2) is 0 Å². The number of aliphatic hydroxyl groups is 1. The Morgan fingerprint density at radius 3 is 2.00 bits per heavy atom. The van der Waals surface area contributed by atoms with Gasteiger partial charge in [-0.05, 0) is 41.5 Å². The van der Waals surface area contributed by atoms with Crippen LogP contribution in [0.4, 0.5) is 26.3 Å². The maximum atomic E-state index is 13.0. The van der Waals surface area contributed by atoms with Gasteiger partial charge in [0.05, 0.1) is 17.7 Å². The highest BCUT2D eigenvalue weighted by Gasteiger charge is 2.33. The normalized spacial score (nSPS) is 12.3. The van der Waals surface area contributed by atoms with Crippen LogP contribution in [0.2, 0.25) is 0 Å². The number of ether oxygens (including phenoxy) is 1. The average Bonchev–Trinajstić information content (AvgIpc) is 2.51. The lowest BCUT2D eigenvalue weighted by Crippen LogP contribution is -2.08. The van der Waals surface area contributed by atoms with Crippen molar-refractivity contribution in [3.63, 3.8) is 0 Å². The molecule has 2 aromatic carbocycles. The molecule has 2 nitrogen and oxygen atoms in total. The number of hydrogen-bond donors (Lipinski definition) is 1. The fourth-order valence-corrected chi connectivity index (χ4v) is 2.05. The second kappa shape index (κ2) is 6.72. The molecule has 2 rings (SSSR count). The van der Waals surface area contributed by atoms with E-state index in [1.165, 1.54) is 12.1 Å². The molecule has 0 aromatic heterocycles. The summed E-state index contributed by atoms with van der Waals surface area (Å²) in [6.45, 7) is -0.640. The molecule has 0 saturated carbocycles. The standard InChI is InChI=1S/C16H12F6O2/c17-15(18,19)12-3-1-2-10(6-12)11-7-13(16(20,21)22)9-14(8-11)24-5-4-23/h1-3,6-9,23H,4-5H2. The summed E-state index contributed by atoms with van der Waals surface area (Å²) in [7, 11) is 0. The summed E-state index contributed by atoms with van der Waals surface area (Å²) >= 11 is 0. The summed E-state index contributed by atoms with van der Waals surface area (Å²) in [5.74, 6) is -0.189. The van der Waals surface area contributed by atoms with Crippen molar-refractivity contribution >= 4 is 0 Å². The molecule has 130 valence electrons. The molecule has 0 aliphatic carbocycles. The maximum absolute atomic E-state index is 13.0. The number of hydrogen-bond acceptors (Lipinski definition) is 2. The Morgan fingerprint density at radius 2 is 1.42 bits per heavy atom. The van der Waals surface area contributed by atoms with E-state index in [4.69, 9.17) is 9.84 Å². The second-order valence-electron chi connectivity index (χ2n) is 4.89. The van der Waals surface area contributed by atoms with Gasteiger partial charge >= 0.3 is 12.4 Å². The van der Waals surface area contributed by atoms with E-state index in [0.29, 0.717) is 0 Å². The van der Waals surface area contributed by atoms with Crippen LogP contribution in [0, 0.1) is 0 Å². The van der Waals surface area contributed by atoms with Crippen LogP contribution in [-0.4, -0.2) is 18.3 Å². The summed E-state index contributed by atoms with van der Waals surface area (Å²) in [6.07, 6.45) is -9.29. The Hall–Kier alpha value is -2.22. The summed E-state index contributed by atoms with van der Waals surface area (Å²) in [5, 5.41) is 8.70. The first-order chi connectivity index (χ1) is 11.1. The van der Waals surface area contributed by atoms with Crippen LogP contribution >= 0.6 is 0 Å². The lowest BCUT2D eigenvalue weighted by molar-refractivity contribution is -0.138. The highest BCUT2D eigenvalue weighted by atomic mass is 19.4. The van der Waals surface area contributed by atoms with Crippen molar-refractivity contribution in [1.29, 1.82) is 0 Å². The third kappa shape index (κ3) is 4.41. The van der Waals surface area contributed by atoms with Crippen molar-refractivity contribution in [2.75, 3.05) is 13.2 Å². The van der Waals surface area contributed by atoms with Crippen molar-refractivity contribution in [3.8, 4) is 16.9 Å². The maximum Gasteiger partial charge on any atom is 0.416 e. The largest absolute Gasteiger partial charge is 0.491 e. The van der Waals surface area contributed by atoms with Gasteiger partial charge in [-0.2, -0.15) is 26.3 Å². The topological polar surface area (TPSA) is 29.5 Å². The van der Waals surface area contributed by atoms with E-state index in [9.17, 15) is 26.3 Å². The van der Waals surface area contributed by atoms with Gasteiger partial charge in [0.25, 0.3) is 0 Å². The van der Waals surface area contributed by atoms with E-state index in [0.717, 1.165) is 30.3 Å². The van der Waals surface area contributed by atoms with E-state index in [-0.39, 0.29) is 23.5 Å². The van der Waals surface area contributed by atoms with Crippen molar-refractivity contribution in [1.82, 2.24) is 0 Å². The minimum Gasteiger partial charge on any atom is -0.491 e. The van der Waals surface area contributed by atoms with Crippen LogP contribution in [-0.2, 0) is 12.4 Å². The molecule has 0 unspecified atom stereocenters. The van der Waals surface area contributed by atoms with E-state index in [1.54, 1.807) is 0 Å². The molecule has 0 aliphatic heterocycles. The van der Waals surface area contributed by atoms with E-state index in [1.807, 2.05) is 0 Å². The van der Waals surface area contributed by atoms with Gasteiger partial charge in [0.1, 0.15) is 12.4 Å². The highest BCUT2D eigenvalue weighted by molar-refractivity contribution is 5.67. The van der Waals surface area contributed by atoms with Gasteiger partial charge < -0.3 is 9.84 Å². The predicted molar refractivity (Wildman–Crippen MR) is 74.5 cm³/mol. The first kappa shape index (κ1) is 18.1. The van der Waals surface area contributed by atoms with Crippen LogP contribution in [0.3, 0.4) is 0 Å². The van der Waals surface area contributed by atoms with Crippen molar-refractivity contribution in [2.45, 2.75) is 12.4 Å². The quantitative estimate of drug-likeness (QED) is 0.806. The van der Waals surface area contributed by atoms with Gasteiger partial charge in [-0.1, -0.05) is 12.1 Å². The molecule has 0 amide bonds. The van der Waals surface area contributed by atoms with Crippen LogP contribution in [0.15, 0.2) is 42.5 Å². The Labute approximate surface area is 133 Å². The molecule has 0 bridgehead atoms. The van der Waals surface area contributed by atoms with Gasteiger partial charge in [0, 0.05) is 0 Å². The van der Waals surface area contributed by atoms with Crippen molar-refractivity contribution in [2.24, 2.45) is 0 Å². The Kier molecular flexibility index (Phi) is 5.08. The fourth-order valence-electron chi connectivity index (χ4n) is 2.05. The van der Waals surface area contributed by atoms with Crippen LogP contribution < -0.4 is 4.74 Å². The molecule has 0 aliphatic rings. The second-order valence-corrected chi connectivity index (χ2v) is 4.89. The van der Waals surface area contributed by atoms with Gasteiger partial charge in [-0.15, -0.1) is 0 Å². The Balaban J connectivity index is 2.52. The minimum absolute atomic E-state index is 0.0234. The Bertz CT molecular complexity index is 706. The molecule has 0 radical (unpaired) electrons. The van der Waals surface area contributed by atoms with Crippen molar-refractivity contribution in [3.05, 3.63) is 53.6 Å². The Morgan fingerprint density at radius 1 is 0.792 bits per heavy atom. The van der Waals surface area contributed by atoms with Crippen LogP contribution in [0.25, 0.3) is 11.1 Å². The van der Waals surface area contributed by atoms with E-state index >= 15 is 0 Å². The lowest BCUT2D eigenvalue weighted by Gasteiger charge is -2.14. The zero-order valence-corrected chi connectivity index (χ0v) is 12.1. The molecule has 2 aromatic rings. The van der Waals surface area contributed by atoms with Crippen molar-refractivity contribution < 1.29 is 36.2 Å². The molecule has 0 atom stereocenters. The average molecular weight is 350 g/mol. The lowest BCUT2D eigenvalue weighted by atomic mass is 10.00. The molecule has 1 N–H and O–H groups in total. The summed E-state index contributed by atoms with van der Waals surface area (Å²) in [6, 6.07) is 6.67. The number of rotatable bonds is 4. The van der Waals surface area contributed by atoms with Gasteiger partial charge in [-0.3, -0.25) is 0 Å². The first-order valence-corrected chi connectivity index (χ1v) is 6.75. The number of benzene rings is 2. The van der Waals surface area contributed by atoms with Crippen LogP contribution in [0.1, 0.15) is 11.1 Å². The zero-order valence-electron chi connectivity index (χ0n) is 12.1. The van der Waals surface area contributed by atoms with Gasteiger partial charge in [0.2, 0.25) is 0 Å². The smallest absolute Gasteiger partial charge is 0.416 e. The SMILES string of the molecule is OCCOc1cc(-c2cccc(C(F)(F)F)c2)cc(C(F)(F)F)c1. The molecule has 8 heteroatoms. The zero-order chi connectivity index (χ0) is 18.0. The number of halogens is 6. The van der Waals surface area contributed by atoms with E-state index in [2.05, 4.69) is 0 Å². The first-order valence-electron chi connectivity index (χ1n) is 6.75. The molecule has 0 spiro atoms. The van der Waals surface area contributed by atoms with Crippen LogP contribution in [0.5, 0.6) is 5.75 Å². The molecule has 0 fully saturated rings. The summed E-state index contributed by atoms with van der Waals surface area (Å²) in [4.78, 5) is 0. The molecular weight excluding hydrogens is 338 g/mol. The fraction of sp³-hybridized carbons (Fsp3) is 0.250. The van der Waals surface area contributed by atoms with E-state index < -0.39 is 30.1 Å². The minimum atomic E-state index is -4.69. The third-order valence-electron chi connectivity index (χ3n) is 3.12. The predicted octanol–water partition coefficient (Wildman–Crippen LogP) is 4.76. The monoisotopic (exact) mass is 350 g/mol. The van der Waals surface area contributed by atoms with Gasteiger partial charge in [0.15, 0.2) is 0 Å². The molecule has 0 saturated heterocycles. The molecule has 24 heavy (non-hydrogen) atoms. The number of alkyl halides is 6. The molecular formula is C16H12F6O2. The molecule has 0 heterocycles. The highest BCUT2D eigenvalue weighted by Crippen LogP contribution is 2.37. The summed E-state index contributed by atoms with van der Waals surface area (Å²) in [5.41, 5.74) is -2.10. The third-order valence-corrected chi connectivity index (χ3v) is 3.12. The number of aliphatic hydroxyl groups excluding tert-OH is 1. The summed E-state index contributed by atoms with van der Waals surface area (Å²) < 4.78 is 82.2.